The Bertz CT molecular complexity index is 1340. The number of carbonyl (C=O) groups is 1. The van der Waals surface area contributed by atoms with E-state index in [9.17, 15) is 14.9 Å². The van der Waals surface area contributed by atoms with E-state index in [0.717, 1.165) is 5.56 Å². The molecule has 3 heterocycles. The van der Waals surface area contributed by atoms with Crippen molar-refractivity contribution in [2.45, 2.75) is 11.9 Å². The van der Waals surface area contributed by atoms with Crippen molar-refractivity contribution >= 4 is 34.4 Å². The van der Waals surface area contributed by atoms with Crippen molar-refractivity contribution in [3.8, 4) is 0 Å². The summed E-state index contributed by atoms with van der Waals surface area (Å²) in [5.74, 6) is 0.131. The lowest BCUT2D eigenvalue weighted by molar-refractivity contribution is -0.402. The lowest BCUT2D eigenvalue weighted by Gasteiger charge is -2.32. The number of rotatable bonds is 4. The summed E-state index contributed by atoms with van der Waals surface area (Å²) in [7, 11) is 0. The highest BCUT2D eigenvalue weighted by Crippen LogP contribution is 2.33. The van der Waals surface area contributed by atoms with Crippen LogP contribution in [0.3, 0.4) is 0 Å². The smallest absolute Gasteiger partial charge is 0.401 e. The number of nitrogens with zero attached hydrogens (tertiary/aromatic N) is 4. The molecule has 9 nitrogen and oxygen atoms in total. The van der Waals surface area contributed by atoms with E-state index in [4.69, 9.17) is 4.42 Å². The number of carbonyl (C=O) groups excluding carboxylic acids is 1. The topological polar surface area (TPSA) is 113 Å². The summed E-state index contributed by atoms with van der Waals surface area (Å²) in [5.41, 5.74) is 1.41. The third-order valence-electron chi connectivity index (χ3n) is 4.78. The molecule has 1 N–H and O–H groups in total. The number of hydrogen-bond acceptors (Lipinski definition) is 8. The quantitative estimate of drug-likeness (QED) is 0.499. The van der Waals surface area contributed by atoms with Crippen LogP contribution >= 0.6 is 11.8 Å². The molecule has 2 aromatic carbocycles. The van der Waals surface area contributed by atoms with E-state index in [1.165, 1.54) is 28.9 Å². The van der Waals surface area contributed by atoms with Gasteiger partial charge in [-0.25, -0.2) is 10.0 Å². The summed E-state index contributed by atoms with van der Waals surface area (Å²) in [6, 6.07) is 19.8. The van der Waals surface area contributed by atoms with Crippen LogP contribution in [0, 0.1) is 10.1 Å². The highest BCUT2D eigenvalue weighted by Gasteiger charge is 2.36. The first kappa shape index (κ1) is 19.1. The Balaban J connectivity index is 1.57. The van der Waals surface area contributed by atoms with Crippen LogP contribution in [-0.2, 0) is 10.5 Å². The number of hydrazone groups is 1. The highest BCUT2D eigenvalue weighted by atomic mass is 32.2. The van der Waals surface area contributed by atoms with Crippen LogP contribution < -0.4 is 15.9 Å². The van der Waals surface area contributed by atoms with E-state index in [1.807, 2.05) is 42.5 Å². The van der Waals surface area contributed by atoms with E-state index in [-0.39, 0.29) is 11.7 Å². The van der Waals surface area contributed by atoms with Crippen molar-refractivity contribution < 1.29 is 14.1 Å². The van der Waals surface area contributed by atoms with Crippen LogP contribution in [0.1, 0.15) is 17.5 Å². The lowest BCUT2D eigenvalue weighted by Crippen LogP contribution is -2.50. The number of thioether (sulfide) groups is 1. The SMILES string of the molecule is O=C1NC(SCc2ccccc2)=NN2C1=c1ccccc1=N[C@@H]2c1ccc([N+](=O)[O-])o1. The van der Waals surface area contributed by atoms with Gasteiger partial charge in [0.1, 0.15) is 10.6 Å². The average molecular weight is 433 g/mol. The number of fused-ring (bicyclic) bond motifs is 2. The molecular weight excluding hydrogens is 418 g/mol. The fourth-order valence-electron chi connectivity index (χ4n) is 3.38. The molecule has 0 saturated carbocycles. The summed E-state index contributed by atoms with van der Waals surface area (Å²) >= 11 is 1.38. The fourth-order valence-corrected chi connectivity index (χ4v) is 4.19. The van der Waals surface area contributed by atoms with Crippen molar-refractivity contribution in [2.24, 2.45) is 10.1 Å². The normalized spacial score (nSPS) is 17.2. The number of amidine groups is 1. The number of nitro groups is 1. The van der Waals surface area contributed by atoms with Crippen LogP contribution in [0.5, 0.6) is 0 Å². The number of para-hydroxylation sites is 1. The molecule has 10 heteroatoms. The number of benzene rings is 2. The van der Waals surface area contributed by atoms with Crippen LogP contribution in [0.4, 0.5) is 5.88 Å². The Labute approximate surface area is 179 Å². The molecule has 0 fully saturated rings. The third kappa shape index (κ3) is 3.57. The molecule has 0 bridgehead atoms. The number of hydrogen-bond donors (Lipinski definition) is 1. The molecule has 1 amide bonds. The van der Waals surface area contributed by atoms with Gasteiger partial charge in [0.15, 0.2) is 10.9 Å². The first-order valence-corrected chi connectivity index (χ1v) is 10.4. The molecule has 2 aliphatic rings. The molecule has 0 spiro atoms. The van der Waals surface area contributed by atoms with Crippen LogP contribution in [0.2, 0.25) is 0 Å². The summed E-state index contributed by atoms with van der Waals surface area (Å²) in [5, 5.41) is 21.6. The zero-order chi connectivity index (χ0) is 21.4. The van der Waals surface area contributed by atoms with Gasteiger partial charge in [0, 0.05) is 11.0 Å². The van der Waals surface area contributed by atoms with E-state index in [0.29, 0.717) is 27.2 Å². The van der Waals surface area contributed by atoms with Gasteiger partial charge in [-0.05, 0) is 17.7 Å². The van der Waals surface area contributed by atoms with Crippen molar-refractivity contribution in [1.82, 2.24) is 10.3 Å². The monoisotopic (exact) mass is 433 g/mol. The zero-order valence-electron chi connectivity index (χ0n) is 16.0. The van der Waals surface area contributed by atoms with Crippen molar-refractivity contribution in [3.05, 3.63) is 98.7 Å². The summed E-state index contributed by atoms with van der Waals surface area (Å²) in [6.45, 7) is 0. The van der Waals surface area contributed by atoms with Crippen molar-refractivity contribution in [3.63, 3.8) is 0 Å². The highest BCUT2D eigenvalue weighted by molar-refractivity contribution is 8.13. The second-order valence-corrected chi connectivity index (χ2v) is 7.74. The van der Waals surface area contributed by atoms with Gasteiger partial charge in [0.25, 0.3) is 5.91 Å². The molecule has 0 aliphatic carbocycles. The number of amides is 1. The summed E-state index contributed by atoms with van der Waals surface area (Å²) < 4.78 is 5.39. The van der Waals surface area contributed by atoms with Gasteiger partial charge in [-0.3, -0.25) is 20.2 Å². The van der Waals surface area contributed by atoms with E-state index in [2.05, 4.69) is 15.4 Å². The molecule has 0 radical (unpaired) electrons. The Morgan fingerprint density at radius 3 is 2.65 bits per heavy atom. The molecular formula is C21H15N5O4S. The molecule has 31 heavy (non-hydrogen) atoms. The maximum Gasteiger partial charge on any atom is 0.433 e. The maximum absolute atomic E-state index is 13.0. The molecule has 5 rings (SSSR count). The second-order valence-electron chi connectivity index (χ2n) is 6.78. The maximum atomic E-state index is 13.0. The van der Waals surface area contributed by atoms with Gasteiger partial charge in [-0.15, -0.1) is 5.10 Å². The second kappa shape index (κ2) is 7.73. The van der Waals surface area contributed by atoms with Crippen LogP contribution in [0.25, 0.3) is 5.70 Å². The third-order valence-corrected chi connectivity index (χ3v) is 5.72. The molecule has 1 aromatic heterocycles. The van der Waals surface area contributed by atoms with Gasteiger partial charge in [0.05, 0.1) is 11.4 Å². The average Bonchev–Trinajstić information content (AvgIpc) is 3.28. The molecule has 0 unspecified atom stereocenters. The van der Waals surface area contributed by atoms with Gasteiger partial charge in [-0.1, -0.05) is 60.3 Å². The lowest BCUT2D eigenvalue weighted by atomic mass is 10.1. The van der Waals surface area contributed by atoms with Gasteiger partial charge in [0.2, 0.25) is 6.17 Å². The predicted molar refractivity (Wildman–Crippen MR) is 114 cm³/mol. The minimum atomic E-state index is -0.836. The Morgan fingerprint density at radius 1 is 1.10 bits per heavy atom. The standard InChI is InChI=1S/C21H15N5O4S/c27-20-18-14-8-4-5-9-15(14)22-19(16-10-11-17(30-16)26(28)29)25(18)24-21(23-20)31-12-13-6-2-1-3-7-13/h1-11,19H,12H2,(H,23,24,27)/t19-/m0/s1. The van der Waals surface area contributed by atoms with Crippen molar-refractivity contribution in [1.29, 1.82) is 0 Å². The van der Waals surface area contributed by atoms with E-state index >= 15 is 0 Å². The first-order chi connectivity index (χ1) is 15.1. The molecule has 154 valence electrons. The molecule has 1 atom stereocenters. The number of nitrogens with one attached hydrogen (secondary N) is 1. The predicted octanol–water partition coefficient (Wildman–Crippen LogP) is 2.26. The number of furan rings is 1. The summed E-state index contributed by atoms with van der Waals surface area (Å²) in [4.78, 5) is 28.1. The van der Waals surface area contributed by atoms with Gasteiger partial charge < -0.3 is 4.42 Å². The largest absolute Gasteiger partial charge is 0.433 e. The minimum absolute atomic E-state index is 0.226. The Hall–Kier alpha value is -3.92. The molecule has 3 aromatic rings. The molecule has 2 aliphatic heterocycles. The fraction of sp³-hybridized carbons (Fsp3) is 0.0952. The first-order valence-electron chi connectivity index (χ1n) is 9.37. The van der Waals surface area contributed by atoms with Gasteiger partial charge >= 0.3 is 5.88 Å². The zero-order valence-corrected chi connectivity index (χ0v) is 16.8. The van der Waals surface area contributed by atoms with E-state index < -0.39 is 17.0 Å². The van der Waals surface area contributed by atoms with Crippen molar-refractivity contribution in [2.75, 3.05) is 0 Å². The van der Waals surface area contributed by atoms with Crippen LogP contribution in [0.15, 0.2) is 81.2 Å². The van der Waals surface area contributed by atoms with Gasteiger partial charge in [-0.2, -0.15) is 0 Å². The Morgan fingerprint density at radius 2 is 1.87 bits per heavy atom. The van der Waals surface area contributed by atoms with Crippen LogP contribution in [-0.4, -0.2) is 21.0 Å². The van der Waals surface area contributed by atoms with E-state index in [1.54, 1.807) is 12.1 Å². The Kier molecular flexibility index (Phi) is 4.75. The minimum Gasteiger partial charge on any atom is -0.401 e. The molecule has 0 saturated heterocycles. The summed E-state index contributed by atoms with van der Waals surface area (Å²) in [6.07, 6.45) is -0.836.